The number of aromatic nitrogens is 1. The van der Waals surface area contributed by atoms with Gasteiger partial charge in [-0.25, -0.2) is 4.98 Å². The molecule has 2 heterocycles. The SMILES string of the molecule is CC(C)C[C@H](NC(=O)C1(Cc2ccccc2)CC(CNC(=O)c2cccc(C#N)n2)=NO1)B(O)O. The van der Waals surface area contributed by atoms with Gasteiger partial charge in [0.2, 0.25) is 5.60 Å². The zero-order chi connectivity index (χ0) is 25.4. The number of carbonyl (C=O) groups excluding carboxylic acids is 2. The molecule has 1 aliphatic rings. The summed E-state index contributed by atoms with van der Waals surface area (Å²) in [4.78, 5) is 35.5. The number of oxime groups is 1. The maximum atomic E-state index is 13.4. The Morgan fingerprint density at radius 2 is 1.94 bits per heavy atom. The second kappa shape index (κ2) is 11.6. The van der Waals surface area contributed by atoms with Crippen molar-refractivity contribution in [3.8, 4) is 6.07 Å². The molecule has 4 N–H and O–H groups in total. The van der Waals surface area contributed by atoms with Gasteiger partial charge in [0.25, 0.3) is 11.8 Å². The predicted molar refractivity (Wildman–Crippen MR) is 129 cm³/mol. The highest BCUT2D eigenvalue weighted by molar-refractivity contribution is 6.43. The average molecular weight is 477 g/mol. The van der Waals surface area contributed by atoms with E-state index in [2.05, 4.69) is 20.8 Å². The monoisotopic (exact) mass is 477 g/mol. The molecule has 2 amide bonds. The number of amides is 2. The highest BCUT2D eigenvalue weighted by atomic mass is 16.7. The fourth-order valence-electron chi connectivity index (χ4n) is 3.82. The summed E-state index contributed by atoms with van der Waals surface area (Å²) in [5.74, 6) is -1.77. The second-order valence-corrected chi connectivity index (χ2v) is 8.91. The molecule has 0 saturated carbocycles. The Hall–Kier alpha value is -3.75. The molecule has 1 aromatic carbocycles. The summed E-state index contributed by atoms with van der Waals surface area (Å²) < 4.78 is 0. The molecule has 11 heteroatoms. The van der Waals surface area contributed by atoms with E-state index in [1.807, 2.05) is 50.2 Å². The van der Waals surface area contributed by atoms with E-state index in [-0.39, 0.29) is 36.7 Å². The van der Waals surface area contributed by atoms with E-state index in [4.69, 9.17) is 10.1 Å². The van der Waals surface area contributed by atoms with Crippen LogP contribution in [0.2, 0.25) is 0 Å². The van der Waals surface area contributed by atoms with Gasteiger partial charge in [-0.3, -0.25) is 9.59 Å². The summed E-state index contributed by atoms with van der Waals surface area (Å²) in [5.41, 5.74) is 0.0753. The van der Waals surface area contributed by atoms with Crippen molar-refractivity contribution in [3.05, 3.63) is 65.5 Å². The fourth-order valence-corrected chi connectivity index (χ4v) is 3.82. The van der Waals surface area contributed by atoms with Crippen molar-refractivity contribution in [2.45, 2.75) is 44.7 Å². The zero-order valence-corrected chi connectivity index (χ0v) is 19.6. The molecule has 3 rings (SSSR count). The topological polar surface area (TPSA) is 157 Å². The summed E-state index contributed by atoms with van der Waals surface area (Å²) in [6, 6.07) is 15.7. The van der Waals surface area contributed by atoms with Gasteiger partial charge in [-0.05, 0) is 30.0 Å². The Labute approximate surface area is 204 Å². The van der Waals surface area contributed by atoms with Crippen molar-refractivity contribution in [2.24, 2.45) is 11.1 Å². The number of nitriles is 1. The number of hydrogen-bond donors (Lipinski definition) is 4. The molecule has 182 valence electrons. The summed E-state index contributed by atoms with van der Waals surface area (Å²) in [7, 11) is -1.73. The largest absolute Gasteiger partial charge is 0.475 e. The number of pyridine rings is 1. The minimum absolute atomic E-state index is 0.0131. The Morgan fingerprint density at radius 3 is 2.60 bits per heavy atom. The quantitative estimate of drug-likeness (QED) is 0.372. The third-order valence-electron chi connectivity index (χ3n) is 5.54. The third kappa shape index (κ3) is 6.88. The van der Waals surface area contributed by atoms with Crippen molar-refractivity contribution in [2.75, 3.05) is 6.54 Å². The smallest absolute Gasteiger partial charge is 0.426 e. The lowest BCUT2D eigenvalue weighted by Crippen LogP contribution is -2.56. The van der Waals surface area contributed by atoms with E-state index in [1.165, 1.54) is 12.1 Å². The summed E-state index contributed by atoms with van der Waals surface area (Å²) in [6.07, 6.45) is 0.654. The molecular formula is C24H28BN5O5. The highest BCUT2D eigenvalue weighted by Crippen LogP contribution is 2.29. The van der Waals surface area contributed by atoms with Crippen LogP contribution in [0, 0.1) is 17.2 Å². The molecule has 1 unspecified atom stereocenters. The lowest BCUT2D eigenvalue weighted by molar-refractivity contribution is -0.144. The van der Waals surface area contributed by atoms with Crippen LogP contribution in [-0.4, -0.2) is 57.8 Å². The van der Waals surface area contributed by atoms with Gasteiger partial charge in [0.1, 0.15) is 17.5 Å². The zero-order valence-electron chi connectivity index (χ0n) is 19.6. The van der Waals surface area contributed by atoms with Crippen LogP contribution in [0.25, 0.3) is 0 Å². The fraction of sp³-hybridized carbons (Fsp3) is 0.375. The molecule has 0 spiro atoms. The normalized spacial score (nSPS) is 17.7. The molecule has 1 aliphatic heterocycles. The van der Waals surface area contributed by atoms with Gasteiger partial charge in [0, 0.05) is 12.8 Å². The maximum absolute atomic E-state index is 13.4. The van der Waals surface area contributed by atoms with E-state index < -0.39 is 30.5 Å². The number of nitrogens with one attached hydrogen (secondary N) is 2. The Morgan fingerprint density at radius 1 is 1.20 bits per heavy atom. The average Bonchev–Trinajstić information content (AvgIpc) is 3.26. The van der Waals surface area contributed by atoms with Crippen molar-refractivity contribution >= 4 is 24.6 Å². The van der Waals surface area contributed by atoms with E-state index in [1.54, 1.807) is 6.07 Å². The molecule has 1 aromatic heterocycles. The first kappa shape index (κ1) is 25.9. The Kier molecular flexibility index (Phi) is 8.57. The van der Waals surface area contributed by atoms with Crippen LogP contribution in [0.15, 0.2) is 53.7 Å². The molecule has 0 bridgehead atoms. The summed E-state index contributed by atoms with van der Waals surface area (Å²) >= 11 is 0. The molecular weight excluding hydrogens is 449 g/mol. The third-order valence-corrected chi connectivity index (χ3v) is 5.54. The van der Waals surface area contributed by atoms with Crippen LogP contribution in [-0.2, 0) is 16.1 Å². The maximum Gasteiger partial charge on any atom is 0.475 e. The second-order valence-electron chi connectivity index (χ2n) is 8.91. The van der Waals surface area contributed by atoms with Crippen molar-refractivity contribution < 1.29 is 24.5 Å². The molecule has 10 nitrogen and oxygen atoms in total. The Balaban J connectivity index is 1.73. The summed E-state index contributed by atoms with van der Waals surface area (Å²) in [5, 5.41) is 38.0. The summed E-state index contributed by atoms with van der Waals surface area (Å²) in [6.45, 7) is 3.84. The van der Waals surface area contributed by atoms with Gasteiger partial charge >= 0.3 is 7.12 Å². The minimum Gasteiger partial charge on any atom is -0.426 e. The lowest BCUT2D eigenvalue weighted by Gasteiger charge is -2.29. The molecule has 35 heavy (non-hydrogen) atoms. The highest BCUT2D eigenvalue weighted by Gasteiger charge is 2.48. The van der Waals surface area contributed by atoms with Crippen LogP contribution >= 0.6 is 0 Å². The van der Waals surface area contributed by atoms with Crippen LogP contribution in [0.5, 0.6) is 0 Å². The van der Waals surface area contributed by atoms with Crippen molar-refractivity contribution in [1.29, 1.82) is 5.26 Å². The molecule has 2 aromatic rings. The van der Waals surface area contributed by atoms with Gasteiger partial charge in [0.15, 0.2) is 0 Å². The van der Waals surface area contributed by atoms with Crippen LogP contribution in [0.3, 0.4) is 0 Å². The van der Waals surface area contributed by atoms with Crippen molar-refractivity contribution in [3.63, 3.8) is 0 Å². The first-order chi connectivity index (χ1) is 16.7. The van der Waals surface area contributed by atoms with Crippen LogP contribution < -0.4 is 10.6 Å². The number of nitrogens with zero attached hydrogens (tertiary/aromatic N) is 3. The standard InChI is InChI=1S/C24H28BN5O5/c1-16(2)11-21(25(33)34)29-23(32)24(12-17-7-4-3-5-8-17)13-19(30-35-24)15-27-22(31)20-10-6-9-18(14-26)28-20/h3-10,16,21,33-34H,11-13,15H2,1-2H3,(H,27,31)(H,29,32)/t21-,24?/m0/s1. The molecule has 0 fully saturated rings. The van der Waals surface area contributed by atoms with Crippen LogP contribution in [0.4, 0.5) is 0 Å². The van der Waals surface area contributed by atoms with E-state index in [9.17, 15) is 19.6 Å². The van der Waals surface area contributed by atoms with Gasteiger partial charge in [0.05, 0.1) is 18.2 Å². The first-order valence-corrected chi connectivity index (χ1v) is 11.3. The van der Waals surface area contributed by atoms with E-state index >= 15 is 0 Å². The van der Waals surface area contributed by atoms with Crippen molar-refractivity contribution in [1.82, 2.24) is 15.6 Å². The lowest BCUT2D eigenvalue weighted by atomic mass is 9.74. The van der Waals surface area contributed by atoms with E-state index in [0.29, 0.717) is 12.1 Å². The molecule has 2 atom stereocenters. The van der Waals surface area contributed by atoms with Gasteiger partial charge < -0.3 is 25.5 Å². The minimum atomic E-state index is -1.73. The molecule has 0 saturated heterocycles. The first-order valence-electron chi connectivity index (χ1n) is 11.3. The van der Waals surface area contributed by atoms with Gasteiger partial charge in [-0.15, -0.1) is 0 Å². The predicted octanol–water partition coefficient (Wildman–Crippen LogP) is 0.984. The Bertz CT molecular complexity index is 1120. The van der Waals surface area contributed by atoms with E-state index in [0.717, 1.165) is 5.56 Å². The van der Waals surface area contributed by atoms with Crippen LogP contribution in [0.1, 0.15) is 48.4 Å². The molecule has 0 radical (unpaired) electrons. The molecule has 0 aliphatic carbocycles. The van der Waals surface area contributed by atoms with Gasteiger partial charge in [-0.2, -0.15) is 5.26 Å². The number of benzene rings is 1. The number of carbonyl (C=O) groups is 2. The number of hydrogen-bond acceptors (Lipinski definition) is 8. The number of rotatable bonds is 10. The van der Waals surface area contributed by atoms with Gasteiger partial charge in [-0.1, -0.05) is 55.4 Å².